The molecule has 204 valence electrons. The van der Waals surface area contributed by atoms with Gasteiger partial charge in [0.25, 0.3) is 0 Å². The molecule has 0 spiro atoms. The van der Waals surface area contributed by atoms with Crippen LogP contribution in [0.2, 0.25) is 0 Å². The van der Waals surface area contributed by atoms with Crippen molar-refractivity contribution < 1.29 is 34.1 Å². The van der Waals surface area contributed by atoms with Crippen molar-refractivity contribution in [2.24, 2.45) is 0 Å². The first kappa shape index (κ1) is 27.3. The molecule has 4 rings (SSSR count). The summed E-state index contributed by atoms with van der Waals surface area (Å²) in [5, 5.41) is 26.0. The second-order valence-electron chi connectivity index (χ2n) is 9.80. The highest BCUT2D eigenvalue weighted by atomic mass is 16.7. The highest BCUT2D eigenvalue weighted by molar-refractivity contribution is 5.87. The Morgan fingerprint density at radius 1 is 1.03 bits per heavy atom. The topological polar surface area (TPSA) is 137 Å². The summed E-state index contributed by atoms with van der Waals surface area (Å²) >= 11 is 0. The number of hydrogen-bond donors (Lipinski definition) is 4. The molecule has 10 nitrogen and oxygen atoms in total. The minimum atomic E-state index is -1.08. The number of ether oxygens (including phenoxy) is 2. The van der Waals surface area contributed by atoms with Crippen molar-refractivity contribution >= 4 is 17.9 Å². The minimum absolute atomic E-state index is 0.0801. The number of piperidine rings is 1. The van der Waals surface area contributed by atoms with E-state index in [1.165, 1.54) is 0 Å². The molecule has 0 unspecified atom stereocenters. The lowest BCUT2D eigenvalue weighted by Gasteiger charge is -2.39. The number of fused-ring (bicyclic) bond motifs is 1. The van der Waals surface area contributed by atoms with Crippen molar-refractivity contribution in [3.63, 3.8) is 0 Å². The van der Waals surface area contributed by atoms with Crippen LogP contribution in [0, 0.1) is 0 Å². The van der Waals surface area contributed by atoms with E-state index in [9.17, 15) is 24.6 Å². The molecule has 1 fully saturated rings. The number of nitrogens with one attached hydrogen (secondary N) is 2. The average molecular weight is 526 g/mol. The van der Waals surface area contributed by atoms with E-state index in [0.29, 0.717) is 49.4 Å². The number of hydrogen-bond acceptors (Lipinski definition) is 6. The molecule has 10 heteroatoms. The van der Waals surface area contributed by atoms with Crippen molar-refractivity contribution in [1.82, 2.24) is 15.5 Å². The third kappa shape index (κ3) is 6.55. The molecular formula is C28H35N3O7. The Bertz CT molecular complexity index is 1130. The Hall–Kier alpha value is -3.79. The third-order valence-electron chi connectivity index (χ3n) is 7.15. The Labute approximate surface area is 221 Å². The molecule has 0 bridgehead atoms. The van der Waals surface area contributed by atoms with Crippen LogP contribution < -0.4 is 20.1 Å². The second-order valence-corrected chi connectivity index (χ2v) is 9.80. The lowest BCUT2D eigenvalue weighted by molar-refractivity contribution is -0.139. The zero-order valence-electron chi connectivity index (χ0n) is 21.5. The Morgan fingerprint density at radius 2 is 1.74 bits per heavy atom. The van der Waals surface area contributed by atoms with Crippen LogP contribution >= 0.6 is 0 Å². The molecule has 2 aromatic carbocycles. The summed E-state index contributed by atoms with van der Waals surface area (Å²) < 4.78 is 10.7. The van der Waals surface area contributed by atoms with Gasteiger partial charge in [0.2, 0.25) is 12.7 Å². The number of aliphatic hydroxyl groups is 1. The minimum Gasteiger partial charge on any atom is -0.481 e. The van der Waals surface area contributed by atoms with Crippen LogP contribution in [-0.2, 0) is 15.2 Å². The van der Waals surface area contributed by atoms with Crippen LogP contribution in [0.5, 0.6) is 11.5 Å². The summed E-state index contributed by atoms with van der Waals surface area (Å²) in [6.45, 7) is 2.83. The highest BCUT2D eigenvalue weighted by Crippen LogP contribution is 2.35. The van der Waals surface area contributed by atoms with Gasteiger partial charge in [0, 0.05) is 13.1 Å². The molecule has 2 aliphatic heterocycles. The van der Waals surface area contributed by atoms with Crippen LogP contribution in [0.25, 0.3) is 0 Å². The van der Waals surface area contributed by atoms with Gasteiger partial charge in [-0.15, -0.1) is 0 Å². The van der Waals surface area contributed by atoms with Crippen molar-refractivity contribution in [3.8, 4) is 11.5 Å². The molecule has 38 heavy (non-hydrogen) atoms. The van der Waals surface area contributed by atoms with Crippen LogP contribution in [0.4, 0.5) is 4.79 Å². The molecule has 1 saturated heterocycles. The fourth-order valence-electron chi connectivity index (χ4n) is 4.93. The number of urea groups is 1. The normalized spacial score (nSPS) is 17.4. The number of benzene rings is 2. The van der Waals surface area contributed by atoms with Gasteiger partial charge in [0.1, 0.15) is 6.04 Å². The first-order valence-electron chi connectivity index (χ1n) is 13.0. The van der Waals surface area contributed by atoms with Crippen molar-refractivity contribution in [3.05, 3.63) is 59.7 Å². The first-order chi connectivity index (χ1) is 18.3. The van der Waals surface area contributed by atoms with Crippen molar-refractivity contribution in [2.45, 2.75) is 63.1 Å². The Morgan fingerprint density at radius 3 is 2.42 bits per heavy atom. The van der Waals surface area contributed by atoms with Gasteiger partial charge in [-0.3, -0.25) is 9.59 Å². The summed E-state index contributed by atoms with van der Waals surface area (Å²) in [6, 6.07) is 12.2. The molecule has 2 aromatic rings. The highest BCUT2D eigenvalue weighted by Gasteiger charge is 2.37. The standard InChI is InChI=1S/C28H35N3O7/c1-2-3-9-21(26(34)31-14-12-28(36,13-15-31)20-7-5-4-6-8-20)29-27(35)30-22(17-25(32)33)19-10-11-23-24(16-19)38-18-37-23/h4-8,10-11,16,21-22,36H,2-3,9,12-15,17-18H2,1H3,(H,32,33)(H2,29,30,35)/t21-,22-/m0/s1. The van der Waals surface area contributed by atoms with Gasteiger partial charge in [0.05, 0.1) is 18.1 Å². The molecule has 4 N–H and O–H groups in total. The van der Waals surface area contributed by atoms with Gasteiger partial charge in [0.15, 0.2) is 11.5 Å². The molecule has 2 aliphatic rings. The van der Waals surface area contributed by atoms with E-state index in [2.05, 4.69) is 10.6 Å². The summed E-state index contributed by atoms with van der Waals surface area (Å²) in [4.78, 5) is 39.6. The number of carbonyl (C=O) groups excluding carboxylic acids is 2. The third-order valence-corrected chi connectivity index (χ3v) is 7.15. The SMILES string of the molecule is CCCC[C@H](NC(=O)N[C@@H](CC(=O)O)c1ccc2c(c1)OCO2)C(=O)N1CCC(O)(c2ccccc2)CC1. The smallest absolute Gasteiger partial charge is 0.315 e. The van der Waals surface area contributed by atoms with Crippen LogP contribution in [0.3, 0.4) is 0 Å². The number of carbonyl (C=O) groups is 3. The maximum absolute atomic E-state index is 13.4. The predicted molar refractivity (Wildman–Crippen MR) is 139 cm³/mol. The number of aliphatic carboxylic acids is 1. The number of nitrogens with zero attached hydrogens (tertiary/aromatic N) is 1. The lowest BCUT2D eigenvalue weighted by Crippen LogP contribution is -2.54. The zero-order valence-corrected chi connectivity index (χ0v) is 21.5. The quantitative estimate of drug-likeness (QED) is 0.373. The molecule has 2 heterocycles. The van der Waals surface area contributed by atoms with Gasteiger partial charge < -0.3 is 35.2 Å². The van der Waals surface area contributed by atoms with Gasteiger partial charge in [-0.1, -0.05) is 56.2 Å². The number of carboxylic acids is 1. The first-order valence-corrected chi connectivity index (χ1v) is 13.0. The number of carboxylic acid groups (broad SMARTS) is 1. The zero-order chi connectivity index (χ0) is 27.1. The fraction of sp³-hybridized carbons (Fsp3) is 0.464. The van der Waals surface area contributed by atoms with E-state index in [1.54, 1.807) is 23.1 Å². The monoisotopic (exact) mass is 525 g/mol. The van der Waals surface area contributed by atoms with E-state index in [-0.39, 0.29) is 19.1 Å². The fourth-order valence-corrected chi connectivity index (χ4v) is 4.93. The van der Waals surface area contributed by atoms with Crippen LogP contribution in [0.1, 0.15) is 62.6 Å². The van der Waals surface area contributed by atoms with Gasteiger partial charge in [-0.05, 0) is 42.5 Å². The molecule has 2 atom stereocenters. The average Bonchev–Trinajstić information content (AvgIpc) is 3.39. The van der Waals surface area contributed by atoms with Gasteiger partial charge >= 0.3 is 12.0 Å². The summed E-state index contributed by atoms with van der Waals surface area (Å²) in [7, 11) is 0. The van der Waals surface area contributed by atoms with Crippen molar-refractivity contribution in [1.29, 1.82) is 0 Å². The number of unbranched alkanes of at least 4 members (excludes halogenated alkanes) is 1. The molecule has 0 saturated carbocycles. The molecule has 3 amide bonds. The Kier molecular flexibility index (Phi) is 8.73. The summed E-state index contributed by atoms with van der Waals surface area (Å²) in [5.74, 6) is -0.248. The predicted octanol–water partition coefficient (Wildman–Crippen LogP) is 3.30. The Balaban J connectivity index is 1.41. The molecular weight excluding hydrogens is 490 g/mol. The number of likely N-dealkylation sites (tertiary alicyclic amines) is 1. The van der Waals surface area contributed by atoms with E-state index in [0.717, 1.165) is 18.4 Å². The van der Waals surface area contributed by atoms with Crippen molar-refractivity contribution in [2.75, 3.05) is 19.9 Å². The lowest BCUT2D eigenvalue weighted by atomic mass is 9.84. The number of amides is 3. The second kappa shape index (κ2) is 12.2. The largest absolute Gasteiger partial charge is 0.481 e. The summed E-state index contributed by atoms with van der Waals surface area (Å²) in [6.07, 6.45) is 2.50. The maximum atomic E-state index is 13.4. The summed E-state index contributed by atoms with van der Waals surface area (Å²) in [5.41, 5.74) is 0.399. The molecule has 0 aromatic heterocycles. The molecule has 0 radical (unpaired) electrons. The van der Waals surface area contributed by atoms with Gasteiger partial charge in [-0.2, -0.15) is 0 Å². The molecule has 0 aliphatic carbocycles. The van der Waals surface area contributed by atoms with E-state index >= 15 is 0 Å². The van der Waals surface area contributed by atoms with E-state index in [1.807, 2.05) is 37.3 Å². The van der Waals surface area contributed by atoms with Gasteiger partial charge in [-0.25, -0.2) is 4.79 Å². The van der Waals surface area contributed by atoms with E-state index in [4.69, 9.17) is 9.47 Å². The number of rotatable bonds is 10. The maximum Gasteiger partial charge on any atom is 0.315 e. The van der Waals surface area contributed by atoms with Crippen LogP contribution in [-0.4, -0.2) is 58.9 Å². The van der Waals surface area contributed by atoms with Crippen LogP contribution in [0.15, 0.2) is 48.5 Å². The van der Waals surface area contributed by atoms with E-state index < -0.39 is 29.7 Å².